The second-order valence-electron chi connectivity index (χ2n) is 4.80. The zero-order chi connectivity index (χ0) is 12.4. The molecule has 1 atom stereocenters. The molecule has 4 N–H and O–H groups in total. The Balaban J connectivity index is 2.39. The minimum Gasteiger partial charge on any atom is -0.397 e. The first kappa shape index (κ1) is 11.8. The van der Waals surface area contributed by atoms with Crippen LogP contribution in [-0.4, -0.2) is 19.0 Å². The number of benzene rings is 1. The van der Waals surface area contributed by atoms with Gasteiger partial charge in [0.15, 0.2) is 0 Å². The molecule has 1 fully saturated rings. The monoisotopic (exact) mass is 233 g/mol. The van der Waals surface area contributed by atoms with E-state index in [9.17, 15) is 4.79 Å². The Kier molecular flexibility index (Phi) is 3.22. The highest BCUT2D eigenvalue weighted by Crippen LogP contribution is 2.31. The SMILES string of the molecule is CC1CCCN(c2c(N)cccc2C(N)=O)C1. The highest BCUT2D eigenvalue weighted by atomic mass is 16.1. The van der Waals surface area contributed by atoms with Gasteiger partial charge in [-0.3, -0.25) is 4.79 Å². The van der Waals surface area contributed by atoms with E-state index in [1.165, 1.54) is 6.42 Å². The Morgan fingerprint density at radius 2 is 2.24 bits per heavy atom. The average molecular weight is 233 g/mol. The van der Waals surface area contributed by atoms with E-state index in [0.29, 0.717) is 17.2 Å². The summed E-state index contributed by atoms with van der Waals surface area (Å²) in [4.78, 5) is 13.6. The second kappa shape index (κ2) is 4.65. The normalized spacial score (nSPS) is 20.3. The largest absolute Gasteiger partial charge is 0.397 e. The van der Waals surface area contributed by atoms with Crippen LogP contribution in [0.2, 0.25) is 0 Å². The molecule has 1 aliphatic rings. The maximum Gasteiger partial charge on any atom is 0.250 e. The van der Waals surface area contributed by atoms with E-state index in [2.05, 4.69) is 11.8 Å². The van der Waals surface area contributed by atoms with Crippen LogP contribution in [0.1, 0.15) is 30.1 Å². The lowest BCUT2D eigenvalue weighted by Gasteiger charge is -2.34. The fourth-order valence-corrected chi connectivity index (χ4v) is 2.51. The molecule has 1 aliphatic heterocycles. The lowest BCUT2D eigenvalue weighted by molar-refractivity contribution is 0.100. The Labute approximate surface area is 102 Å². The van der Waals surface area contributed by atoms with E-state index < -0.39 is 5.91 Å². The molecule has 1 saturated heterocycles. The van der Waals surface area contributed by atoms with Gasteiger partial charge in [0, 0.05) is 13.1 Å². The molecule has 1 amide bonds. The van der Waals surface area contributed by atoms with Crippen molar-refractivity contribution in [2.75, 3.05) is 23.7 Å². The summed E-state index contributed by atoms with van der Waals surface area (Å²) in [6.45, 7) is 4.10. The third-order valence-electron chi connectivity index (χ3n) is 3.31. The van der Waals surface area contributed by atoms with Crippen molar-refractivity contribution in [3.05, 3.63) is 23.8 Å². The zero-order valence-corrected chi connectivity index (χ0v) is 10.1. The number of nitrogens with two attached hydrogens (primary N) is 2. The number of piperidine rings is 1. The molecule has 0 bridgehead atoms. The molecule has 1 aromatic rings. The van der Waals surface area contributed by atoms with Crippen LogP contribution in [0.3, 0.4) is 0 Å². The predicted octanol–water partition coefficient (Wildman–Crippen LogP) is 1.60. The molecule has 0 saturated carbocycles. The van der Waals surface area contributed by atoms with Gasteiger partial charge < -0.3 is 16.4 Å². The van der Waals surface area contributed by atoms with Crippen molar-refractivity contribution in [2.45, 2.75) is 19.8 Å². The summed E-state index contributed by atoms with van der Waals surface area (Å²) in [6, 6.07) is 5.33. The van der Waals surface area contributed by atoms with Crippen LogP contribution in [0, 0.1) is 5.92 Å². The van der Waals surface area contributed by atoms with Gasteiger partial charge >= 0.3 is 0 Å². The average Bonchev–Trinajstić information content (AvgIpc) is 2.28. The number of nitrogens with zero attached hydrogens (tertiary/aromatic N) is 1. The van der Waals surface area contributed by atoms with Crippen LogP contribution in [0.4, 0.5) is 11.4 Å². The topological polar surface area (TPSA) is 72.3 Å². The molecule has 92 valence electrons. The lowest BCUT2D eigenvalue weighted by Crippen LogP contribution is -2.36. The van der Waals surface area contributed by atoms with Crippen LogP contribution in [0.5, 0.6) is 0 Å². The third kappa shape index (κ3) is 2.35. The predicted molar refractivity (Wildman–Crippen MR) is 70.0 cm³/mol. The van der Waals surface area contributed by atoms with Crippen LogP contribution in [0.15, 0.2) is 18.2 Å². The fourth-order valence-electron chi connectivity index (χ4n) is 2.51. The van der Waals surface area contributed by atoms with Gasteiger partial charge in [-0.15, -0.1) is 0 Å². The van der Waals surface area contributed by atoms with Gasteiger partial charge in [0.1, 0.15) is 0 Å². The fraction of sp³-hybridized carbons (Fsp3) is 0.462. The number of para-hydroxylation sites is 1. The third-order valence-corrected chi connectivity index (χ3v) is 3.31. The van der Waals surface area contributed by atoms with E-state index in [1.807, 2.05) is 6.07 Å². The summed E-state index contributed by atoms with van der Waals surface area (Å²) < 4.78 is 0. The first-order valence-electron chi connectivity index (χ1n) is 6.03. The molecule has 0 aromatic heterocycles. The molecular formula is C13H19N3O. The van der Waals surface area contributed by atoms with E-state index in [-0.39, 0.29) is 0 Å². The Hall–Kier alpha value is -1.71. The van der Waals surface area contributed by atoms with Crippen LogP contribution in [-0.2, 0) is 0 Å². The Bertz CT molecular complexity index is 431. The first-order chi connectivity index (χ1) is 8.09. The summed E-state index contributed by atoms with van der Waals surface area (Å²) in [6.07, 6.45) is 2.36. The molecule has 1 aromatic carbocycles. The number of hydrogen-bond acceptors (Lipinski definition) is 3. The molecule has 17 heavy (non-hydrogen) atoms. The Morgan fingerprint density at radius 3 is 2.88 bits per heavy atom. The summed E-state index contributed by atoms with van der Waals surface area (Å²) in [5, 5.41) is 0. The van der Waals surface area contributed by atoms with Gasteiger partial charge in [-0.05, 0) is 30.9 Å². The van der Waals surface area contributed by atoms with E-state index in [1.54, 1.807) is 12.1 Å². The van der Waals surface area contributed by atoms with Crippen LogP contribution in [0.25, 0.3) is 0 Å². The van der Waals surface area contributed by atoms with Gasteiger partial charge in [0.2, 0.25) is 0 Å². The van der Waals surface area contributed by atoms with Gasteiger partial charge in [-0.2, -0.15) is 0 Å². The molecular weight excluding hydrogens is 214 g/mol. The number of anilines is 2. The lowest BCUT2D eigenvalue weighted by atomic mass is 9.98. The van der Waals surface area contributed by atoms with Crippen molar-refractivity contribution in [3.63, 3.8) is 0 Å². The highest BCUT2D eigenvalue weighted by Gasteiger charge is 2.22. The quantitative estimate of drug-likeness (QED) is 0.762. The van der Waals surface area contributed by atoms with Gasteiger partial charge in [0.25, 0.3) is 5.91 Å². The molecule has 1 unspecified atom stereocenters. The van der Waals surface area contributed by atoms with Gasteiger partial charge in [0.05, 0.1) is 16.9 Å². The van der Waals surface area contributed by atoms with E-state index in [0.717, 1.165) is 25.2 Å². The number of carbonyl (C=O) groups is 1. The number of carbonyl (C=O) groups excluding carboxylic acids is 1. The number of rotatable bonds is 2. The number of hydrogen-bond donors (Lipinski definition) is 2. The van der Waals surface area contributed by atoms with Crippen LogP contribution >= 0.6 is 0 Å². The molecule has 2 rings (SSSR count). The molecule has 4 nitrogen and oxygen atoms in total. The standard InChI is InChI=1S/C13H19N3O/c1-9-4-3-7-16(8-9)12-10(13(15)17)5-2-6-11(12)14/h2,5-6,9H,3-4,7-8,14H2,1H3,(H2,15,17). The number of amides is 1. The molecule has 4 heteroatoms. The summed E-state index contributed by atoms with van der Waals surface area (Å²) in [5.41, 5.74) is 13.4. The second-order valence-corrected chi connectivity index (χ2v) is 4.80. The van der Waals surface area contributed by atoms with Crippen molar-refractivity contribution >= 4 is 17.3 Å². The van der Waals surface area contributed by atoms with Crippen molar-refractivity contribution in [1.82, 2.24) is 0 Å². The summed E-state index contributed by atoms with van der Waals surface area (Å²) >= 11 is 0. The molecule has 0 radical (unpaired) electrons. The van der Waals surface area contributed by atoms with E-state index in [4.69, 9.17) is 11.5 Å². The minimum atomic E-state index is -0.412. The summed E-state index contributed by atoms with van der Waals surface area (Å²) in [7, 11) is 0. The van der Waals surface area contributed by atoms with Crippen molar-refractivity contribution in [2.24, 2.45) is 11.7 Å². The maximum atomic E-state index is 11.4. The number of primary amides is 1. The van der Waals surface area contributed by atoms with Crippen molar-refractivity contribution in [1.29, 1.82) is 0 Å². The Morgan fingerprint density at radius 1 is 1.47 bits per heavy atom. The maximum absolute atomic E-state index is 11.4. The van der Waals surface area contributed by atoms with E-state index >= 15 is 0 Å². The zero-order valence-electron chi connectivity index (χ0n) is 10.1. The summed E-state index contributed by atoms with van der Waals surface area (Å²) in [5.74, 6) is 0.217. The number of nitrogen functional groups attached to an aromatic ring is 1. The smallest absolute Gasteiger partial charge is 0.250 e. The molecule has 1 heterocycles. The van der Waals surface area contributed by atoms with Crippen LogP contribution < -0.4 is 16.4 Å². The van der Waals surface area contributed by atoms with Gasteiger partial charge in [-0.25, -0.2) is 0 Å². The minimum absolute atomic E-state index is 0.412. The first-order valence-corrected chi connectivity index (χ1v) is 6.03. The van der Waals surface area contributed by atoms with Crippen molar-refractivity contribution < 1.29 is 4.79 Å². The molecule has 0 aliphatic carbocycles. The molecule has 0 spiro atoms. The van der Waals surface area contributed by atoms with Crippen molar-refractivity contribution in [3.8, 4) is 0 Å². The highest BCUT2D eigenvalue weighted by molar-refractivity contribution is 6.01. The van der Waals surface area contributed by atoms with Gasteiger partial charge in [-0.1, -0.05) is 13.0 Å².